The first-order valence-corrected chi connectivity index (χ1v) is 9.46. The van der Waals surface area contributed by atoms with Crippen molar-refractivity contribution in [1.82, 2.24) is 0 Å². The Morgan fingerprint density at radius 1 is 0.857 bits per heavy atom. The summed E-state index contributed by atoms with van der Waals surface area (Å²) in [5.74, 6) is 0.597. The molecule has 0 aromatic rings. The standard InChI is InChI=1S/2C10H14O4/c2*1-10-6-7(5-9(11)12-2)14-8(10)3-4-13-10/h2*5,8H,3-4,6H2,1-2H3/b2*7-5+/t2*8-,10-/m00/s1. The van der Waals surface area contributed by atoms with Crippen molar-refractivity contribution in [2.24, 2.45) is 0 Å². The summed E-state index contributed by atoms with van der Waals surface area (Å²) in [5, 5.41) is 0. The predicted molar refractivity (Wildman–Crippen MR) is 97.1 cm³/mol. The van der Waals surface area contributed by atoms with Gasteiger partial charge in [0.05, 0.1) is 39.6 Å². The molecule has 0 spiro atoms. The van der Waals surface area contributed by atoms with Crippen LogP contribution in [-0.4, -0.2) is 62.8 Å². The largest absolute Gasteiger partial charge is 0.491 e. The van der Waals surface area contributed by atoms with E-state index in [0.29, 0.717) is 24.4 Å². The Bertz CT molecular complexity index is 626. The minimum Gasteiger partial charge on any atom is -0.491 e. The van der Waals surface area contributed by atoms with Gasteiger partial charge in [-0.05, 0) is 13.8 Å². The maximum Gasteiger partial charge on any atom is 0.333 e. The molecule has 28 heavy (non-hydrogen) atoms. The van der Waals surface area contributed by atoms with Gasteiger partial charge in [-0.15, -0.1) is 0 Å². The van der Waals surface area contributed by atoms with Gasteiger partial charge >= 0.3 is 11.9 Å². The third-order valence-corrected chi connectivity index (χ3v) is 5.58. The van der Waals surface area contributed by atoms with Crippen molar-refractivity contribution >= 4 is 11.9 Å². The molecule has 4 saturated heterocycles. The highest BCUT2D eigenvalue weighted by Crippen LogP contribution is 2.42. The molecule has 4 aliphatic heterocycles. The van der Waals surface area contributed by atoms with Crippen molar-refractivity contribution in [2.75, 3.05) is 27.4 Å². The molecule has 4 heterocycles. The highest BCUT2D eigenvalue weighted by atomic mass is 16.6. The zero-order valence-electron chi connectivity index (χ0n) is 16.8. The number of methoxy groups -OCH3 is 2. The van der Waals surface area contributed by atoms with Gasteiger partial charge in [0.1, 0.15) is 34.9 Å². The second-order valence-corrected chi connectivity index (χ2v) is 7.73. The van der Waals surface area contributed by atoms with Crippen LogP contribution in [0.3, 0.4) is 0 Å². The van der Waals surface area contributed by atoms with E-state index >= 15 is 0 Å². The SMILES string of the molecule is COC(=O)/C=C1\C[C@]2(C)OCC[C@@H]2O1.COC(=O)/C=C1\C[C@]2(C)OCC[C@@H]2O1. The first-order valence-electron chi connectivity index (χ1n) is 9.46. The highest BCUT2D eigenvalue weighted by molar-refractivity contribution is 5.82. The second kappa shape index (κ2) is 8.13. The lowest BCUT2D eigenvalue weighted by Gasteiger charge is -2.18. The van der Waals surface area contributed by atoms with Gasteiger partial charge < -0.3 is 28.4 Å². The number of carbonyl (C=O) groups excluding carboxylic acids is 2. The Morgan fingerprint density at radius 3 is 1.57 bits per heavy atom. The Hall–Kier alpha value is -2.06. The molecule has 0 aromatic heterocycles. The number of rotatable bonds is 2. The van der Waals surface area contributed by atoms with E-state index in [1.54, 1.807) is 0 Å². The fraction of sp³-hybridized carbons (Fsp3) is 0.700. The molecule has 0 bridgehead atoms. The van der Waals surface area contributed by atoms with Crippen LogP contribution in [0, 0.1) is 0 Å². The zero-order chi connectivity index (χ0) is 20.4. The molecule has 0 radical (unpaired) electrons. The lowest BCUT2D eigenvalue weighted by Crippen LogP contribution is -2.30. The highest BCUT2D eigenvalue weighted by Gasteiger charge is 2.49. The van der Waals surface area contributed by atoms with Gasteiger partial charge in [-0.25, -0.2) is 9.59 Å². The molecule has 8 nitrogen and oxygen atoms in total. The van der Waals surface area contributed by atoms with Crippen molar-refractivity contribution in [3.63, 3.8) is 0 Å². The molecule has 0 saturated carbocycles. The molecule has 8 heteroatoms. The molecule has 4 fully saturated rings. The van der Waals surface area contributed by atoms with E-state index in [1.807, 2.05) is 13.8 Å². The Balaban J connectivity index is 0.000000161. The molecular weight excluding hydrogens is 368 g/mol. The minimum absolute atomic E-state index is 0.0957. The van der Waals surface area contributed by atoms with Crippen LogP contribution in [-0.2, 0) is 38.0 Å². The summed E-state index contributed by atoms with van der Waals surface area (Å²) >= 11 is 0. The first-order chi connectivity index (χ1) is 13.3. The Kier molecular flexibility index (Phi) is 6.00. The smallest absolute Gasteiger partial charge is 0.333 e. The molecule has 4 rings (SSSR count). The third-order valence-electron chi connectivity index (χ3n) is 5.58. The van der Waals surface area contributed by atoms with E-state index in [0.717, 1.165) is 26.1 Å². The van der Waals surface area contributed by atoms with Crippen LogP contribution in [0.4, 0.5) is 0 Å². The Labute approximate surface area is 164 Å². The van der Waals surface area contributed by atoms with E-state index in [2.05, 4.69) is 9.47 Å². The lowest BCUT2D eigenvalue weighted by molar-refractivity contribution is -0.136. The van der Waals surface area contributed by atoms with Crippen LogP contribution in [0.2, 0.25) is 0 Å². The van der Waals surface area contributed by atoms with Gasteiger partial charge in [-0.2, -0.15) is 0 Å². The van der Waals surface area contributed by atoms with Crippen molar-refractivity contribution in [3.8, 4) is 0 Å². The monoisotopic (exact) mass is 396 g/mol. The number of ether oxygens (including phenoxy) is 6. The second-order valence-electron chi connectivity index (χ2n) is 7.73. The Morgan fingerprint density at radius 2 is 1.25 bits per heavy atom. The molecule has 4 aliphatic rings. The van der Waals surface area contributed by atoms with Crippen molar-refractivity contribution < 1.29 is 38.0 Å². The van der Waals surface area contributed by atoms with Crippen LogP contribution in [0.25, 0.3) is 0 Å². The summed E-state index contributed by atoms with van der Waals surface area (Å²) < 4.78 is 31.4. The van der Waals surface area contributed by atoms with E-state index in [1.165, 1.54) is 26.4 Å². The quantitative estimate of drug-likeness (QED) is 0.517. The van der Waals surface area contributed by atoms with Crippen LogP contribution in [0.15, 0.2) is 23.7 Å². The summed E-state index contributed by atoms with van der Waals surface area (Å²) in [7, 11) is 2.71. The molecule has 0 N–H and O–H groups in total. The number of hydrogen-bond acceptors (Lipinski definition) is 8. The average Bonchev–Trinajstić information content (AvgIpc) is 3.32. The third kappa shape index (κ3) is 4.33. The van der Waals surface area contributed by atoms with Crippen LogP contribution >= 0.6 is 0 Å². The summed E-state index contributed by atoms with van der Waals surface area (Å²) in [6, 6.07) is 0. The number of hydrogen-bond donors (Lipinski definition) is 0. The molecule has 156 valence electrons. The summed E-state index contributed by atoms with van der Waals surface area (Å²) in [6.07, 6.45) is 6.10. The van der Waals surface area contributed by atoms with Crippen LogP contribution < -0.4 is 0 Å². The van der Waals surface area contributed by atoms with Gasteiger partial charge in [-0.3, -0.25) is 0 Å². The van der Waals surface area contributed by atoms with E-state index in [4.69, 9.17) is 18.9 Å². The molecule has 4 atom stereocenters. The zero-order valence-corrected chi connectivity index (χ0v) is 16.8. The van der Waals surface area contributed by atoms with Gasteiger partial charge in [0.2, 0.25) is 0 Å². The van der Waals surface area contributed by atoms with E-state index in [9.17, 15) is 9.59 Å². The molecule has 0 aliphatic carbocycles. The maximum absolute atomic E-state index is 11.0. The van der Waals surface area contributed by atoms with E-state index < -0.39 is 0 Å². The van der Waals surface area contributed by atoms with Gasteiger partial charge in [0.25, 0.3) is 0 Å². The van der Waals surface area contributed by atoms with Crippen molar-refractivity contribution in [2.45, 2.75) is 62.9 Å². The fourth-order valence-electron chi connectivity index (χ4n) is 3.98. The van der Waals surface area contributed by atoms with Gasteiger partial charge in [-0.1, -0.05) is 0 Å². The fourth-order valence-corrected chi connectivity index (χ4v) is 3.98. The normalized spacial score (nSPS) is 38.1. The first kappa shape index (κ1) is 20.7. The van der Waals surface area contributed by atoms with E-state index in [-0.39, 0.29) is 35.3 Å². The minimum atomic E-state index is -0.372. The topological polar surface area (TPSA) is 89.5 Å². The molecule has 0 aromatic carbocycles. The van der Waals surface area contributed by atoms with Gasteiger partial charge in [0.15, 0.2) is 0 Å². The van der Waals surface area contributed by atoms with Gasteiger partial charge in [0, 0.05) is 25.7 Å². The van der Waals surface area contributed by atoms with Crippen LogP contribution in [0.5, 0.6) is 0 Å². The number of carbonyl (C=O) groups is 2. The summed E-state index contributed by atoms with van der Waals surface area (Å²) in [5.41, 5.74) is -0.473. The maximum atomic E-state index is 11.0. The number of esters is 2. The average molecular weight is 396 g/mol. The van der Waals surface area contributed by atoms with Crippen molar-refractivity contribution in [1.29, 1.82) is 0 Å². The molecule has 0 unspecified atom stereocenters. The van der Waals surface area contributed by atoms with Crippen molar-refractivity contribution in [3.05, 3.63) is 23.7 Å². The molecule has 0 amide bonds. The molecular formula is C20H28O8. The number of fused-ring (bicyclic) bond motifs is 2. The summed E-state index contributed by atoms with van der Waals surface area (Å²) in [6.45, 7) is 5.52. The van der Waals surface area contributed by atoms with Crippen LogP contribution in [0.1, 0.15) is 39.5 Å². The summed E-state index contributed by atoms with van der Waals surface area (Å²) in [4.78, 5) is 21.9. The predicted octanol–water partition coefficient (Wildman–Crippen LogP) is 2.02. The lowest BCUT2D eigenvalue weighted by atomic mass is 9.98.